The molecule has 0 bridgehead atoms. The van der Waals surface area contributed by atoms with Crippen LogP contribution in [0.4, 0.5) is 17.1 Å². The van der Waals surface area contributed by atoms with E-state index in [1.807, 2.05) is 6.07 Å². The number of rotatable bonds is 7. The van der Waals surface area contributed by atoms with Gasteiger partial charge in [0.15, 0.2) is 0 Å². The largest absolute Gasteiger partial charge is 0.455 e. The Balaban J connectivity index is 1.18. The molecule has 0 fully saturated rings. The summed E-state index contributed by atoms with van der Waals surface area (Å²) in [4.78, 5) is 2.46. The summed E-state index contributed by atoms with van der Waals surface area (Å²) in [5.41, 5.74) is 14.3. The molecule has 10 aromatic carbocycles. The third-order valence-corrected chi connectivity index (χ3v) is 11.5. The highest BCUT2D eigenvalue weighted by molar-refractivity contribution is 6.11. The van der Waals surface area contributed by atoms with Gasteiger partial charge in [-0.25, -0.2) is 0 Å². The van der Waals surface area contributed by atoms with Crippen molar-refractivity contribution in [2.24, 2.45) is 0 Å². The van der Waals surface area contributed by atoms with Crippen LogP contribution in [0.1, 0.15) is 0 Å². The zero-order valence-corrected chi connectivity index (χ0v) is 31.7. The predicted octanol–water partition coefficient (Wildman–Crippen LogP) is 16.0. The van der Waals surface area contributed by atoms with Crippen LogP contribution in [0, 0.1) is 0 Å². The normalized spacial score (nSPS) is 11.4. The van der Waals surface area contributed by atoms with Crippen LogP contribution in [-0.4, -0.2) is 0 Å². The molecule has 0 unspecified atom stereocenters. The van der Waals surface area contributed by atoms with E-state index in [0.717, 1.165) is 61.3 Å². The molecule has 2 nitrogen and oxygen atoms in total. The number of hydrogen-bond acceptors (Lipinski definition) is 2. The summed E-state index contributed by atoms with van der Waals surface area (Å²) in [5, 5.41) is 7.12. The number of fused-ring (bicyclic) bond motifs is 5. The molecule has 0 atom stereocenters. The minimum Gasteiger partial charge on any atom is -0.455 e. The van der Waals surface area contributed by atoms with Gasteiger partial charge in [-0.3, -0.25) is 0 Å². The van der Waals surface area contributed by atoms with Gasteiger partial charge in [-0.2, -0.15) is 0 Å². The van der Waals surface area contributed by atoms with Crippen molar-refractivity contribution in [2.75, 3.05) is 4.90 Å². The van der Waals surface area contributed by atoms with Crippen molar-refractivity contribution >= 4 is 60.5 Å². The topological polar surface area (TPSA) is 16.4 Å². The average Bonchev–Trinajstić information content (AvgIpc) is 3.68. The number of anilines is 3. The van der Waals surface area contributed by atoms with Gasteiger partial charge >= 0.3 is 0 Å². The average molecular weight is 740 g/mol. The minimum absolute atomic E-state index is 0.894. The first-order valence-corrected chi connectivity index (χ1v) is 19.8. The third-order valence-electron chi connectivity index (χ3n) is 11.5. The van der Waals surface area contributed by atoms with Crippen LogP contribution >= 0.6 is 0 Å². The fourth-order valence-electron chi connectivity index (χ4n) is 8.87. The lowest BCUT2D eigenvalue weighted by Gasteiger charge is -2.31. The summed E-state index contributed by atoms with van der Waals surface area (Å²) in [5.74, 6) is 0. The van der Waals surface area contributed by atoms with Crippen LogP contribution in [0.5, 0.6) is 0 Å². The first-order chi connectivity index (χ1) is 28.8. The third kappa shape index (κ3) is 5.66. The van der Waals surface area contributed by atoms with Gasteiger partial charge in [0.2, 0.25) is 0 Å². The van der Waals surface area contributed by atoms with Crippen molar-refractivity contribution in [3.63, 3.8) is 0 Å². The number of furan rings is 1. The van der Waals surface area contributed by atoms with E-state index in [-0.39, 0.29) is 0 Å². The van der Waals surface area contributed by atoms with Crippen LogP contribution in [0.2, 0.25) is 0 Å². The van der Waals surface area contributed by atoms with Gasteiger partial charge in [-0.05, 0) is 79.7 Å². The second-order valence-electron chi connectivity index (χ2n) is 14.8. The minimum atomic E-state index is 0.894. The SMILES string of the molecule is c1ccc(-c2cccc3cccc(-c4ccccc4N(c4cccc(-c5cccc6c5oc5ccccc56)c4)c4ccccc4-c4cccc5ccccc45)c23)cc1. The molecule has 1 heterocycles. The highest BCUT2D eigenvalue weighted by Gasteiger charge is 2.23. The summed E-state index contributed by atoms with van der Waals surface area (Å²) < 4.78 is 6.58. The summed E-state index contributed by atoms with van der Waals surface area (Å²) in [7, 11) is 0. The molecule has 2 heteroatoms. The lowest BCUT2D eigenvalue weighted by Crippen LogP contribution is -2.12. The van der Waals surface area contributed by atoms with Crippen molar-refractivity contribution in [2.45, 2.75) is 0 Å². The molecule has 1 aromatic heterocycles. The molecule has 0 aliphatic carbocycles. The lowest BCUT2D eigenvalue weighted by molar-refractivity contribution is 0.670. The molecule has 0 saturated heterocycles. The summed E-state index contributed by atoms with van der Waals surface area (Å²) in [6.45, 7) is 0. The van der Waals surface area contributed by atoms with Crippen LogP contribution in [-0.2, 0) is 0 Å². The molecule has 272 valence electrons. The van der Waals surface area contributed by atoms with Crippen LogP contribution < -0.4 is 4.90 Å². The van der Waals surface area contributed by atoms with E-state index in [1.165, 1.54) is 43.8 Å². The predicted molar refractivity (Wildman–Crippen MR) is 245 cm³/mol. The fourth-order valence-corrected chi connectivity index (χ4v) is 8.87. The standard InChI is InChI=1S/C56H37NO/c1-2-17-39(18-3-1)44-29-14-21-40-22-15-32-50(55(40)44)48-27-7-10-35-53(48)57(52-34-9-6-26-47(52)46-31-13-20-38-19-4-5-25-43(38)46)42-24-12-23-41(37-42)45-30-16-33-51-49-28-8-11-36-54(49)58-56(45)51/h1-37H. The van der Waals surface area contributed by atoms with E-state index in [2.05, 4.69) is 223 Å². The van der Waals surface area contributed by atoms with E-state index in [1.54, 1.807) is 0 Å². The molecular formula is C56H37NO. The van der Waals surface area contributed by atoms with Crippen LogP contribution in [0.15, 0.2) is 229 Å². The monoisotopic (exact) mass is 739 g/mol. The van der Waals surface area contributed by atoms with Crippen molar-refractivity contribution in [1.82, 2.24) is 0 Å². The molecule has 0 amide bonds. The van der Waals surface area contributed by atoms with Gasteiger partial charge in [-0.15, -0.1) is 0 Å². The molecule has 0 radical (unpaired) electrons. The van der Waals surface area contributed by atoms with E-state index in [4.69, 9.17) is 4.42 Å². The van der Waals surface area contributed by atoms with Crippen molar-refractivity contribution < 1.29 is 4.42 Å². The van der Waals surface area contributed by atoms with Gasteiger partial charge in [0.1, 0.15) is 11.2 Å². The maximum atomic E-state index is 6.58. The van der Waals surface area contributed by atoms with Crippen molar-refractivity contribution in [3.05, 3.63) is 224 Å². The first kappa shape index (κ1) is 33.6. The Morgan fingerprint density at radius 3 is 1.64 bits per heavy atom. The van der Waals surface area contributed by atoms with Gasteiger partial charge in [-0.1, -0.05) is 194 Å². The Kier molecular flexibility index (Phi) is 8.19. The molecular weight excluding hydrogens is 703 g/mol. The van der Waals surface area contributed by atoms with E-state index < -0.39 is 0 Å². The van der Waals surface area contributed by atoms with Gasteiger partial charge in [0.25, 0.3) is 0 Å². The van der Waals surface area contributed by atoms with Crippen molar-refractivity contribution in [1.29, 1.82) is 0 Å². The highest BCUT2D eigenvalue weighted by Crippen LogP contribution is 2.48. The van der Waals surface area contributed by atoms with Crippen LogP contribution in [0.25, 0.3) is 88.0 Å². The zero-order valence-electron chi connectivity index (χ0n) is 31.7. The molecule has 0 aliphatic heterocycles. The Bertz CT molecular complexity index is 3290. The molecule has 0 spiro atoms. The Morgan fingerprint density at radius 1 is 0.310 bits per heavy atom. The number of para-hydroxylation sites is 4. The van der Waals surface area contributed by atoms with E-state index in [0.29, 0.717) is 0 Å². The second-order valence-corrected chi connectivity index (χ2v) is 14.8. The smallest absolute Gasteiger partial charge is 0.143 e. The van der Waals surface area contributed by atoms with Crippen molar-refractivity contribution in [3.8, 4) is 44.5 Å². The van der Waals surface area contributed by atoms with Gasteiger partial charge in [0, 0.05) is 33.2 Å². The Morgan fingerprint density at radius 2 is 0.828 bits per heavy atom. The molecule has 0 N–H and O–H groups in total. The summed E-state index contributed by atoms with van der Waals surface area (Å²) >= 11 is 0. The second kappa shape index (κ2) is 14.1. The maximum Gasteiger partial charge on any atom is 0.143 e. The van der Waals surface area contributed by atoms with Gasteiger partial charge in [0.05, 0.1) is 11.4 Å². The quantitative estimate of drug-likeness (QED) is 0.162. The summed E-state index contributed by atoms with van der Waals surface area (Å²) in [6, 6.07) is 80.8. The first-order valence-electron chi connectivity index (χ1n) is 19.8. The lowest BCUT2D eigenvalue weighted by atomic mass is 9.90. The maximum absolute atomic E-state index is 6.58. The Hall–Kier alpha value is -7.68. The zero-order chi connectivity index (χ0) is 38.4. The van der Waals surface area contributed by atoms with Crippen LogP contribution in [0.3, 0.4) is 0 Å². The molecule has 11 aromatic rings. The summed E-state index contributed by atoms with van der Waals surface area (Å²) in [6.07, 6.45) is 0. The molecule has 0 saturated carbocycles. The highest BCUT2D eigenvalue weighted by atomic mass is 16.3. The number of nitrogens with zero attached hydrogens (tertiary/aromatic N) is 1. The van der Waals surface area contributed by atoms with Gasteiger partial charge < -0.3 is 9.32 Å². The number of benzene rings is 10. The van der Waals surface area contributed by atoms with E-state index >= 15 is 0 Å². The Labute approximate surface area is 337 Å². The molecule has 0 aliphatic rings. The molecule has 58 heavy (non-hydrogen) atoms. The molecule has 11 rings (SSSR count). The van der Waals surface area contributed by atoms with E-state index in [9.17, 15) is 0 Å². The number of hydrogen-bond donors (Lipinski definition) is 0. The fraction of sp³-hybridized carbons (Fsp3) is 0.